The molecule has 0 aromatic carbocycles. The molecule has 1 aliphatic carbocycles. The highest BCUT2D eigenvalue weighted by Crippen LogP contribution is 2.39. The van der Waals surface area contributed by atoms with Gasteiger partial charge in [0.15, 0.2) is 0 Å². The first-order chi connectivity index (χ1) is 7.25. The summed E-state index contributed by atoms with van der Waals surface area (Å²) in [5, 5.41) is 8.72. The van der Waals surface area contributed by atoms with Crippen molar-refractivity contribution in [3.63, 3.8) is 0 Å². The lowest BCUT2D eigenvalue weighted by Crippen LogP contribution is -2.04. The molecule has 1 heterocycles. The highest BCUT2D eigenvalue weighted by atomic mass is 16.4. The Balaban J connectivity index is 1.96. The van der Waals surface area contributed by atoms with E-state index in [-0.39, 0.29) is 0 Å². The van der Waals surface area contributed by atoms with Crippen molar-refractivity contribution in [1.29, 1.82) is 0 Å². The SMILES string of the molecule is O=C(O)CC1CCC(c2cccnc2)C1. The lowest BCUT2D eigenvalue weighted by atomic mass is 9.97. The summed E-state index contributed by atoms with van der Waals surface area (Å²) in [6, 6.07) is 4.03. The Morgan fingerprint density at radius 2 is 2.40 bits per heavy atom. The van der Waals surface area contributed by atoms with Crippen molar-refractivity contribution < 1.29 is 9.90 Å². The smallest absolute Gasteiger partial charge is 0.303 e. The van der Waals surface area contributed by atoms with Gasteiger partial charge in [-0.2, -0.15) is 0 Å². The van der Waals surface area contributed by atoms with Crippen LogP contribution >= 0.6 is 0 Å². The molecule has 0 spiro atoms. The monoisotopic (exact) mass is 205 g/mol. The van der Waals surface area contributed by atoms with Crippen molar-refractivity contribution >= 4 is 5.97 Å². The number of pyridine rings is 1. The molecule has 0 bridgehead atoms. The lowest BCUT2D eigenvalue weighted by Gasteiger charge is -2.09. The standard InChI is InChI=1S/C12H15NO2/c14-12(15)7-9-3-4-10(6-9)11-2-1-5-13-8-11/h1-2,5,8-10H,3-4,6-7H2,(H,14,15). The zero-order valence-corrected chi connectivity index (χ0v) is 8.60. The number of nitrogens with zero attached hydrogens (tertiary/aromatic N) is 1. The molecule has 15 heavy (non-hydrogen) atoms. The number of carboxylic acids is 1. The van der Waals surface area contributed by atoms with E-state index in [2.05, 4.69) is 11.1 Å². The Morgan fingerprint density at radius 3 is 3.07 bits per heavy atom. The average molecular weight is 205 g/mol. The molecular weight excluding hydrogens is 190 g/mol. The van der Waals surface area contributed by atoms with E-state index in [4.69, 9.17) is 5.11 Å². The Kier molecular flexibility index (Phi) is 2.99. The Hall–Kier alpha value is -1.38. The molecule has 0 aliphatic heterocycles. The van der Waals surface area contributed by atoms with Crippen molar-refractivity contribution in [1.82, 2.24) is 4.98 Å². The van der Waals surface area contributed by atoms with E-state index in [0.29, 0.717) is 18.3 Å². The molecule has 1 fully saturated rings. The zero-order valence-electron chi connectivity index (χ0n) is 8.60. The molecule has 2 atom stereocenters. The van der Waals surface area contributed by atoms with Crippen LogP contribution in [0.1, 0.15) is 37.2 Å². The fraction of sp³-hybridized carbons (Fsp3) is 0.500. The maximum Gasteiger partial charge on any atom is 0.303 e. The minimum Gasteiger partial charge on any atom is -0.481 e. The van der Waals surface area contributed by atoms with Gasteiger partial charge in [-0.1, -0.05) is 6.07 Å². The van der Waals surface area contributed by atoms with Crippen LogP contribution < -0.4 is 0 Å². The van der Waals surface area contributed by atoms with Crippen molar-refractivity contribution in [3.05, 3.63) is 30.1 Å². The molecule has 1 aliphatic rings. The number of aromatic nitrogens is 1. The van der Waals surface area contributed by atoms with Crippen LogP contribution in [0.5, 0.6) is 0 Å². The maximum absolute atomic E-state index is 10.6. The summed E-state index contributed by atoms with van der Waals surface area (Å²) in [5.41, 5.74) is 1.25. The second kappa shape index (κ2) is 4.43. The van der Waals surface area contributed by atoms with E-state index in [1.54, 1.807) is 6.20 Å². The predicted molar refractivity (Wildman–Crippen MR) is 56.6 cm³/mol. The fourth-order valence-corrected chi connectivity index (χ4v) is 2.43. The third kappa shape index (κ3) is 2.55. The van der Waals surface area contributed by atoms with Crippen molar-refractivity contribution in [3.8, 4) is 0 Å². The lowest BCUT2D eigenvalue weighted by molar-refractivity contribution is -0.138. The van der Waals surface area contributed by atoms with Crippen LogP contribution in [0.2, 0.25) is 0 Å². The molecule has 1 N–H and O–H groups in total. The third-order valence-corrected chi connectivity index (χ3v) is 3.16. The van der Waals surface area contributed by atoms with Crippen molar-refractivity contribution in [2.75, 3.05) is 0 Å². The van der Waals surface area contributed by atoms with E-state index in [9.17, 15) is 4.79 Å². The van der Waals surface area contributed by atoms with Gasteiger partial charge >= 0.3 is 5.97 Å². The predicted octanol–water partition coefficient (Wildman–Crippen LogP) is 2.44. The summed E-state index contributed by atoms with van der Waals surface area (Å²) in [6.07, 6.45) is 7.12. The van der Waals surface area contributed by atoms with Gasteiger partial charge in [0.05, 0.1) is 0 Å². The Morgan fingerprint density at radius 1 is 1.53 bits per heavy atom. The van der Waals surface area contributed by atoms with Crippen molar-refractivity contribution in [2.45, 2.75) is 31.6 Å². The molecule has 80 valence electrons. The number of hydrogen-bond donors (Lipinski definition) is 1. The molecule has 1 aromatic heterocycles. The van der Waals surface area contributed by atoms with Gasteiger partial charge in [0.2, 0.25) is 0 Å². The summed E-state index contributed by atoms with van der Waals surface area (Å²) in [4.78, 5) is 14.7. The van der Waals surface area contributed by atoms with Crippen molar-refractivity contribution in [2.24, 2.45) is 5.92 Å². The number of aliphatic carboxylic acids is 1. The molecule has 0 saturated heterocycles. The van der Waals surface area contributed by atoms with Gasteiger partial charge in [-0.05, 0) is 42.7 Å². The number of carbonyl (C=O) groups is 1. The van der Waals surface area contributed by atoms with Crippen LogP contribution in [0.25, 0.3) is 0 Å². The molecule has 2 unspecified atom stereocenters. The molecule has 3 heteroatoms. The van der Waals surface area contributed by atoms with Gasteiger partial charge in [0.25, 0.3) is 0 Å². The fourth-order valence-electron chi connectivity index (χ4n) is 2.43. The molecule has 1 aromatic rings. The minimum atomic E-state index is -0.674. The maximum atomic E-state index is 10.6. The first kappa shape index (κ1) is 10.1. The summed E-state index contributed by atoms with van der Waals surface area (Å²) in [6.45, 7) is 0. The normalized spacial score (nSPS) is 25.3. The number of rotatable bonds is 3. The Bertz CT molecular complexity index is 337. The summed E-state index contributed by atoms with van der Waals surface area (Å²) in [7, 11) is 0. The van der Waals surface area contributed by atoms with E-state index >= 15 is 0 Å². The van der Waals surface area contributed by atoms with E-state index in [1.165, 1.54) is 5.56 Å². The van der Waals surface area contributed by atoms with Crippen LogP contribution in [0.4, 0.5) is 0 Å². The number of hydrogen-bond acceptors (Lipinski definition) is 2. The highest BCUT2D eigenvalue weighted by Gasteiger charge is 2.27. The van der Waals surface area contributed by atoms with Crippen LogP contribution in [-0.4, -0.2) is 16.1 Å². The molecule has 3 nitrogen and oxygen atoms in total. The summed E-state index contributed by atoms with van der Waals surface area (Å²) < 4.78 is 0. The van der Waals surface area contributed by atoms with Crippen LogP contribution in [-0.2, 0) is 4.79 Å². The largest absolute Gasteiger partial charge is 0.481 e. The average Bonchev–Trinajstić information content (AvgIpc) is 2.67. The second-order valence-corrected chi connectivity index (χ2v) is 4.26. The van der Waals surface area contributed by atoms with Crippen LogP contribution in [0, 0.1) is 5.92 Å². The van der Waals surface area contributed by atoms with Gasteiger partial charge in [-0.25, -0.2) is 0 Å². The van der Waals surface area contributed by atoms with E-state index in [1.807, 2.05) is 12.3 Å². The topological polar surface area (TPSA) is 50.2 Å². The molecule has 0 amide bonds. The molecule has 0 radical (unpaired) electrons. The van der Waals surface area contributed by atoms with Gasteiger partial charge in [0.1, 0.15) is 0 Å². The van der Waals surface area contributed by atoms with Gasteiger partial charge < -0.3 is 5.11 Å². The molecule has 2 rings (SSSR count). The first-order valence-corrected chi connectivity index (χ1v) is 5.37. The summed E-state index contributed by atoms with van der Waals surface area (Å²) in [5.74, 6) is 0.197. The quantitative estimate of drug-likeness (QED) is 0.824. The first-order valence-electron chi connectivity index (χ1n) is 5.37. The minimum absolute atomic E-state index is 0.316. The van der Waals surface area contributed by atoms with E-state index in [0.717, 1.165) is 19.3 Å². The van der Waals surface area contributed by atoms with Gasteiger partial charge in [-0.3, -0.25) is 9.78 Å². The number of carboxylic acid groups (broad SMARTS) is 1. The summed E-state index contributed by atoms with van der Waals surface area (Å²) >= 11 is 0. The second-order valence-electron chi connectivity index (χ2n) is 4.26. The van der Waals surface area contributed by atoms with Gasteiger partial charge in [0, 0.05) is 18.8 Å². The Labute approximate surface area is 89.2 Å². The highest BCUT2D eigenvalue weighted by molar-refractivity contribution is 5.67. The van der Waals surface area contributed by atoms with Crippen LogP contribution in [0.15, 0.2) is 24.5 Å². The molecule has 1 saturated carbocycles. The molecular formula is C12H15NO2. The third-order valence-electron chi connectivity index (χ3n) is 3.16. The van der Waals surface area contributed by atoms with Crippen LogP contribution in [0.3, 0.4) is 0 Å². The van der Waals surface area contributed by atoms with E-state index < -0.39 is 5.97 Å². The zero-order chi connectivity index (χ0) is 10.7. The van der Waals surface area contributed by atoms with Gasteiger partial charge in [-0.15, -0.1) is 0 Å².